The predicted molar refractivity (Wildman–Crippen MR) is 70.0 cm³/mol. The van der Waals surface area contributed by atoms with Crippen LogP contribution in [0.4, 0.5) is 18.0 Å². The van der Waals surface area contributed by atoms with Gasteiger partial charge in [-0.05, 0) is 24.6 Å². The highest BCUT2D eigenvalue weighted by molar-refractivity contribution is 8.00. The van der Waals surface area contributed by atoms with Crippen LogP contribution in [0.1, 0.15) is 12.8 Å². The minimum absolute atomic E-state index is 0.0794. The molecule has 21 heavy (non-hydrogen) atoms. The molecule has 1 fully saturated rings. The number of carbonyl (C=O) groups excluding carboxylic acids is 1. The second-order valence-electron chi connectivity index (χ2n) is 4.60. The molecule has 0 aromatic rings. The molecule has 0 spiro atoms. The topological polar surface area (TPSA) is 87.7 Å². The van der Waals surface area contributed by atoms with Gasteiger partial charge in [0.2, 0.25) is 0 Å². The minimum atomic E-state index is -4.33. The fourth-order valence-corrected chi connectivity index (χ4v) is 2.31. The van der Waals surface area contributed by atoms with Crippen LogP contribution in [0.3, 0.4) is 0 Å². The summed E-state index contributed by atoms with van der Waals surface area (Å²) in [4.78, 5) is 22.7. The first-order valence-corrected chi connectivity index (χ1v) is 7.27. The maximum atomic E-state index is 11.9. The van der Waals surface area contributed by atoms with E-state index in [0.29, 0.717) is 13.2 Å². The van der Waals surface area contributed by atoms with Crippen LogP contribution in [0, 0.1) is 5.41 Å². The average molecular weight is 330 g/mol. The molecule has 1 aliphatic heterocycles. The van der Waals surface area contributed by atoms with Gasteiger partial charge in [0.15, 0.2) is 0 Å². The summed E-state index contributed by atoms with van der Waals surface area (Å²) >= 11 is -0.227. The van der Waals surface area contributed by atoms with E-state index in [1.165, 1.54) is 0 Å². The van der Waals surface area contributed by atoms with Crippen molar-refractivity contribution < 1.29 is 32.6 Å². The molecule has 0 atom stereocenters. The largest absolute Gasteiger partial charge is 0.481 e. The van der Waals surface area contributed by atoms with Crippen LogP contribution >= 0.6 is 11.8 Å². The molecule has 0 aliphatic carbocycles. The van der Waals surface area contributed by atoms with Gasteiger partial charge in [0.05, 0.1) is 5.41 Å². The summed E-state index contributed by atoms with van der Waals surface area (Å²) in [6.45, 7) is 0.374. The van der Waals surface area contributed by atoms with E-state index in [-0.39, 0.29) is 43.4 Å². The molecule has 1 aliphatic rings. The maximum Gasteiger partial charge on any atom is 0.441 e. The maximum absolute atomic E-state index is 11.9. The van der Waals surface area contributed by atoms with Crippen LogP contribution in [-0.2, 0) is 9.53 Å². The lowest BCUT2D eigenvalue weighted by molar-refractivity contribution is -0.154. The van der Waals surface area contributed by atoms with E-state index < -0.39 is 22.9 Å². The lowest BCUT2D eigenvalue weighted by atomic mass is 9.80. The number of carboxylic acids is 1. The van der Waals surface area contributed by atoms with E-state index in [1.54, 1.807) is 0 Å². The third kappa shape index (κ3) is 6.42. The SMILES string of the molecule is O=C(NCCSC(F)(F)F)NCC1(C(=O)O)CCOCC1. The Balaban J connectivity index is 2.29. The van der Waals surface area contributed by atoms with Gasteiger partial charge in [-0.1, -0.05) is 0 Å². The summed E-state index contributed by atoms with van der Waals surface area (Å²) < 4.78 is 40.7. The lowest BCUT2D eigenvalue weighted by Gasteiger charge is -2.33. The number of amides is 2. The van der Waals surface area contributed by atoms with E-state index >= 15 is 0 Å². The van der Waals surface area contributed by atoms with Crippen LogP contribution in [0.2, 0.25) is 0 Å². The number of ether oxygens (including phenoxy) is 1. The van der Waals surface area contributed by atoms with Gasteiger partial charge in [-0.15, -0.1) is 0 Å². The summed E-state index contributed by atoms with van der Waals surface area (Å²) in [5.41, 5.74) is -5.40. The van der Waals surface area contributed by atoms with E-state index in [0.717, 1.165) is 0 Å². The normalized spacial score (nSPS) is 18.0. The zero-order chi connectivity index (χ0) is 15.9. The third-order valence-electron chi connectivity index (χ3n) is 3.14. The Kier molecular flexibility index (Phi) is 6.59. The Morgan fingerprint density at radius 3 is 2.38 bits per heavy atom. The third-order valence-corrected chi connectivity index (χ3v) is 3.88. The number of thioether (sulfide) groups is 1. The van der Waals surface area contributed by atoms with Gasteiger partial charge < -0.3 is 20.5 Å². The molecule has 0 aromatic heterocycles. The van der Waals surface area contributed by atoms with E-state index in [1.807, 2.05) is 0 Å². The van der Waals surface area contributed by atoms with Crippen LogP contribution in [0.15, 0.2) is 0 Å². The van der Waals surface area contributed by atoms with Gasteiger partial charge in [0.1, 0.15) is 0 Å². The molecule has 3 N–H and O–H groups in total. The van der Waals surface area contributed by atoms with Crippen LogP contribution in [-0.4, -0.2) is 54.7 Å². The Hall–Kier alpha value is -1.16. The molecule has 1 heterocycles. The van der Waals surface area contributed by atoms with E-state index in [4.69, 9.17) is 4.74 Å². The molecule has 0 unspecified atom stereocenters. The fraction of sp³-hybridized carbons (Fsp3) is 0.818. The van der Waals surface area contributed by atoms with Crippen molar-refractivity contribution in [2.24, 2.45) is 5.41 Å². The molecule has 1 saturated heterocycles. The zero-order valence-corrected chi connectivity index (χ0v) is 12.0. The monoisotopic (exact) mass is 330 g/mol. The van der Waals surface area contributed by atoms with Crippen molar-refractivity contribution in [1.82, 2.24) is 10.6 Å². The first-order valence-electron chi connectivity index (χ1n) is 6.29. The number of carbonyl (C=O) groups is 2. The number of hydrogen-bond donors (Lipinski definition) is 3. The highest BCUT2D eigenvalue weighted by Gasteiger charge is 2.40. The van der Waals surface area contributed by atoms with E-state index in [2.05, 4.69) is 10.6 Å². The molecule has 0 bridgehead atoms. The van der Waals surface area contributed by atoms with Gasteiger partial charge in [-0.2, -0.15) is 13.2 Å². The lowest BCUT2D eigenvalue weighted by Crippen LogP contribution is -2.49. The van der Waals surface area contributed by atoms with Crippen molar-refractivity contribution >= 4 is 23.8 Å². The van der Waals surface area contributed by atoms with Crippen LogP contribution in [0.25, 0.3) is 0 Å². The van der Waals surface area contributed by atoms with Gasteiger partial charge in [-0.3, -0.25) is 4.79 Å². The fourth-order valence-electron chi connectivity index (χ4n) is 1.87. The number of halogens is 3. The molecule has 2 amide bonds. The Bertz CT molecular complexity index is 373. The van der Waals surface area contributed by atoms with Crippen molar-refractivity contribution in [3.05, 3.63) is 0 Å². The summed E-state index contributed by atoms with van der Waals surface area (Å²) in [5, 5.41) is 13.9. The van der Waals surface area contributed by atoms with Crippen molar-refractivity contribution in [3.8, 4) is 0 Å². The molecular formula is C11H17F3N2O4S. The number of carboxylic acid groups (broad SMARTS) is 1. The van der Waals surface area contributed by atoms with Crippen molar-refractivity contribution in [3.63, 3.8) is 0 Å². The molecule has 122 valence electrons. The number of nitrogens with one attached hydrogen (secondary N) is 2. The number of urea groups is 1. The predicted octanol–water partition coefficient (Wildman–Crippen LogP) is 1.42. The van der Waals surface area contributed by atoms with Crippen LogP contribution < -0.4 is 10.6 Å². The molecule has 10 heteroatoms. The second-order valence-corrected chi connectivity index (χ2v) is 5.76. The summed E-state index contributed by atoms with van der Waals surface area (Å²) in [6, 6.07) is -0.676. The number of alkyl halides is 3. The standard InChI is InChI=1S/C11H17F3N2O4S/c12-11(13,14)21-6-3-15-9(19)16-7-10(8(17)18)1-4-20-5-2-10/h1-7H2,(H,17,18)(H2,15,16,19). The van der Waals surface area contributed by atoms with Gasteiger partial charge in [-0.25, -0.2) is 4.79 Å². The number of rotatable bonds is 6. The summed E-state index contributed by atoms with van der Waals surface area (Å²) in [6.07, 6.45) is 0.569. The molecule has 1 rings (SSSR count). The number of aliphatic carboxylic acids is 1. The second kappa shape index (κ2) is 7.74. The molecule has 0 radical (unpaired) electrons. The highest BCUT2D eigenvalue weighted by atomic mass is 32.2. The zero-order valence-electron chi connectivity index (χ0n) is 11.2. The summed E-state index contributed by atoms with van der Waals surface area (Å²) in [7, 11) is 0. The van der Waals surface area contributed by atoms with Gasteiger partial charge in [0.25, 0.3) is 0 Å². The van der Waals surface area contributed by atoms with Crippen molar-refractivity contribution in [1.29, 1.82) is 0 Å². The molecular weight excluding hydrogens is 313 g/mol. The van der Waals surface area contributed by atoms with Crippen molar-refractivity contribution in [2.75, 3.05) is 32.1 Å². The average Bonchev–Trinajstić information content (AvgIpc) is 2.41. The Labute approximate surface area is 123 Å². The van der Waals surface area contributed by atoms with E-state index in [9.17, 15) is 27.9 Å². The van der Waals surface area contributed by atoms with Gasteiger partial charge >= 0.3 is 17.5 Å². The Morgan fingerprint density at radius 1 is 1.24 bits per heavy atom. The van der Waals surface area contributed by atoms with Gasteiger partial charge in [0, 0.05) is 32.1 Å². The molecule has 0 aromatic carbocycles. The Morgan fingerprint density at radius 2 is 1.86 bits per heavy atom. The smallest absolute Gasteiger partial charge is 0.441 e. The molecule has 0 saturated carbocycles. The first-order chi connectivity index (χ1) is 9.75. The highest BCUT2D eigenvalue weighted by Crippen LogP contribution is 2.30. The first kappa shape index (κ1) is 17.9. The number of hydrogen-bond acceptors (Lipinski definition) is 4. The molecule has 6 nitrogen and oxygen atoms in total. The van der Waals surface area contributed by atoms with Crippen molar-refractivity contribution in [2.45, 2.75) is 18.3 Å². The quantitative estimate of drug-likeness (QED) is 0.641. The van der Waals surface area contributed by atoms with Crippen LogP contribution in [0.5, 0.6) is 0 Å². The minimum Gasteiger partial charge on any atom is -0.481 e. The summed E-state index contributed by atoms with van der Waals surface area (Å²) in [5.74, 6) is -1.31.